The smallest absolute Gasteiger partial charge is 0.262 e. The molecule has 0 fully saturated rings. The lowest BCUT2D eigenvalue weighted by molar-refractivity contribution is 0.627. The van der Waals surface area contributed by atoms with E-state index in [1.807, 2.05) is 42.5 Å². The molecule has 0 saturated carbocycles. The van der Waals surface area contributed by atoms with Gasteiger partial charge in [0.25, 0.3) is 5.56 Å². The minimum absolute atomic E-state index is 0.0317. The van der Waals surface area contributed by atoms with Crippen molar-refractivity contribution in [2.24, 2.45) is 0 Å². The average Bonchev–Trinajstić information content (AvgIpc) is 3.10. The van der Waals surface area contributed by atoms with Crippen LogP contribution in [0, 0.1) is 5.82 Å². The summed E-state index contributed by atoms with van der Waals surface area (Å²) in [5, 5.41) is 10.0. The Morgan fingerprint density at radius 1 is 1.21 bits per heavy atom. The van der Waals surface area contributed by atoms with Crippen LogP contribution in [0.15, 0.2) is 52.4 Å². The SMILES string of the molecule is CCCn1c(=O)c2ccccc2n2c(SC(C)c3ccc(F)c(Cl)c3)nnc12. The van der Waals surface area contributed by atoms with Crippen LogP contribution in [-0.2, 0) is 6.54 Å². The summed E-state index contributed by atoms with van der Waals surface area (Å²) in [6.07, 6.45) is 0.813. The molecule has 1 unspecified atom stereocenters. The summed E-state index contributed by atoms with van der Waals surface area (Å²) in [6.45, 7) is 4.59. The van der Waals surface area contributed by atoms with E-state index in [1.54, 1.807) is 16.7 Å². The number of aryl methyl sites for hydroxylation is 1. The van der Waals surface area contributed by atoms with Gasteiger partial charge in [0.15, 0.2) is 5.16 Å². The van der Waals surface area contributed by atoms with Crippen molar-refractivity contribution in [1.29, 1.82) is 0 Å². The molecular weight excluding hydrogens is 399 g/mol. The maximum atomic E-state index is 13.5. The Labute approximate surface area is 170 Å². The van der Waals surface area contributed by atoms with Gasteiger partial charge in [-0.15, -0.1) is 10.2 Å². The van der Waals surface area contributed by atoms with Crippen molar-refractivity contribution < 1.29 is 4.39 Å². The van der Waals surface area contributed by atoms with Gasteiger partial charge < -0.3 is 0 Å². The standard InChI is InChI=1S/C20H18ClFN4OS/c1-3-10-25-18(27)14-6-4-5-7-17(14)26-19(25)23-24-20(26)28-12(2)13-8-9-16(22)15(21)11-13/h4-9,11-12H,3,10H2,1-2H3. The molecule has 8 heteroatoms. The largest absolute Gasteiger partial charge is 0.276 e. The summed E-state index contributed by atoms with van der Waals surface area (Å²) < 4.78 is 17.1. The number of benzene rings is 2. The van der Waals surface area contributed by atoms with Crippen LogP contribution in [0.3, 0.4) is 0 Å². The first kappa shape index (κ1) is 19.0. The number of rotatable bonds is 5. The lowest BCUT2D eigenvalue weighted by Crippen LogP contribution is -2.23. The molecule has 0 aliphatic rings. The second-order valence-corrected chi connectivity index (χ2v) is 8.24. The third-order valence-electron chi connectivity index (χ3n) is 4.62. The molecular formula is C20H18ClFN4OS. The number of hydrogen-bond donors (Lipinski definition) is 0. The topological polar surface area (TPSA) is 52.2 Å². The van der Waals surface area contributed by atoms with Gasteiger partial charge >= 0.3 is 0 Å². The quantitative estimate of drug-likeness (QED) is 0.425. The van der Waals surface area contributed by atoms with E-state index >= 15 is 0 Å². The van der Waals surface area contributed by atoms with Crippen LogP contribution in [0.5, 0.6) is 0 Å². The van der Waals surface area contributed by atoms with Crippen LogP contribution in [-0.4, -0.2) is 19.2 Å². The molecule has 0 N–H and O–H groups in total. The van der Waals surface area contributed by atoms with Gasteiger partial charge in [-0.05, 0) is 43.2 Å². The third-order valence-corrected chi connectivity index (χ3v) is 6.01. The first-order chi connectivity index (χ1) is 13.5. The molecule has 144 valence electrons. The number of halogens is 2. The molecule has 4 rings (SSSR count). The van der Waals surface area contributed by atoms with Crippen molar-refractivity contribution in [3.8, 4) is 0 Å². The van der Waals surface area contributed by atoms with Gasteiger partial charge in [-0.1, -0.05) is 48.5 Å². The highest BCUT2D eigenvalue weighted by atomic mass is 35.5. The van der Waals surface area contributed by atoms with Crippen molar-refractivity contribution in [3.63, 3.8) is 0 Å². The van der Waals surface area contributed by atoms with Crippen LogP contribution in [0.2, 0.25) is 5.02 Å². The van der Waals surface area contributed by atoms with E-state index in [4.69, 9.17) is 11.6 Å². The van der Waals surface area contributed by atoms with Gasteiger partial charge in [0, 0.05) is 11.8 Å². The lowest BCUT2D eigenvalue weighted by Gasteiger charge is -2.13. The predicted octanol–water partition coefficient (Wildman–Crippen LogP) is 5.10. The molecule has 0 radical (unpaired) electrons. The van der Waals surface area contributed by atoms with Crippen LogP contribution < -0.4 is 5.56 Å². The van der Waals surface area contributed by atoms with Crippen LogP contribution >= 0.6 is 23.4 Å². The molecule has 2 aromatic carbocycles. The zero-order valence-corrected chi connectivity index (χ0v) is 17.0. The van der Waals surface area contributed by atoms with E-state index in [1.165, 1.54) is 17.8 Å². The Morgan fingerprint density at radius 2 is 2.00 bits per heavy atom. The van der Waals surface area contributed by atoms with Gasteiger partial charge in [-0.2, -0.15) is 0 Å². The molecule has 0 aliphatic carbocycles. The molecule has 2 aromatic heterocycles. The highest BCUT2D eigenvalue weighted by Crippen LogP contribution is 2.36. The Morgan fingerprint density at radius 3 is 2.75 bits per heavy atom. The number of nitrogens with zero attached hydrogens (tertiary/aromatic N) is 4. The van der Waals surface area contributed by atoms with Crippen LogP contribution in [0.25, 0.3) is 16.7 Å². The Hall–Kier alpha value is -2.38. The van der Waals surface area contributed by atoms with Gasteiger partial charge in [0.05, 0.1) is 15.9 Å². The molecule has 4 aromatic rings. The Balaban J connectivity index is 1.86. The predicted molar refractivity (Wildman–Crippen MR) is 111 cm³/mol. The summed E-state index contributed by atoms with van der Waals surface area (Å²) in [5.74, 6) is 0.0857. The molecule has 0 spiro atoms. The van der Waals surface area contributed by atoms with E-state index in [9.17, 15) is 9.18 Å². The molecule has 0 amide bonds. The van der Waals surface area contributed by atoms with Gasteiger partial charge in [-0.25, -0.2) is 4.39 Å². The summed E-state index contributed by atoms with van der Waals surface area (Å²) >= 11 is 7.42. The van der Waals surface area contributed by atoms with E-state index in [0.29, 0.717) is 22.9 Å². The van der Waals surface area contributed by atoms with Crippen LogP contribution in [0.1, 0.15) is 31.1 Å². The molecule has 0 bridgehead atoms. The lowest BCUT2D eigenvalue weighted by atomic mass is 10.2. The van der Waals surface area contributed by atoms with E-state index in [-0.39, 0.29) is 15.8 Å². The van der Waals surface area contributed by atoms with Gasteiger partial charge in [-0.3, -0.25) is 13.8 Å². The van der Waals surface area contributed by atoms with E-state index in [0.717, 1.165) is 17.5 Å². The summed E-state index contributed by atoms with van der Waals surface area (Å²) in [5.41, 5.74) is 1.60. The first-order valence-corrected chi connectivity index (χ1v) is 10.2. The molecule has 5 nitrogen and oxygen atoms in total. The Kier molecular flexibility index (Phi) is 5.12. The highest BCUT2D eigenvalue weighted by molar-refractivity contribution is 7.99. The summed E-state index contributed by atoms with van der Waals surface area (Å²) in [4.78, 5) is 12.9. The van der Waals surface area contributed by atoms with Crippen LogP contribution in [0.4, 0.5) is 4.39 Å². The molecule has 2 heterocycles. The minimum Gasteiger partial charge on any atom is -0.276 e. The maximum absolute atomic E-state index is 13.5. The third kappa shape index (κ3) is 3.18. The fourth-order valence-corrected chi connectivity index (χ4v) is 4.39. The number of hydrogen-bond acceptors (Lipinski definition) is 4. The highest BCUT2D eigenvalue weighted by Gasteiger charge is 2.19. The monoisotopic (exact) mass is 416 g/mol. The first-order valence-electron chi connectivity index (χ1n) is 8.99. The van der Waals surface area contributed by atoms with Crippen molar-refractivity contribution >= 4 is 40.0 Å². The average molecular weight is 417 g/mol. The molecule has 28 heavy (non-hydrogen) atoms. The summed E-state index contributed by atoms with van der Waals surface area (Å²) in [6, 6.07) is 12.2. The van der Waals surface area contributed by atoms with Gasteiger partial charge in [0.1, 0.15) is 5.82 Å². The van der Waals surface area contributed by atoms with Crippen molar-refractivity contribution in [1.82, 2.24) is 19.2 Å². The molecule has 0 saturated heterocycles. The fraction of sp³-hybridized carbons (Fsp3) is 0.250. The molecule has 1 atom stereocenters. The fourth-order valence-electron chi connectivity index (χ4n) is 3.23. The second kappa shape index (κ2) is 7.56. The minimum atomic E-state index is -0.440. The van der Waals surface area contributed by atoms with E-state index in [2.05, 4.69) is 10.2 Å². The second-order valence-electron chi connectivity index (χ2n) is 6.53. The number of para-hydroxylation sites is 1. The zero-order chi connectivity index (χ0) is 19.8. The molecule has 0 aliphatic heterocycles. The van der Waals surface area contributed by atoms with E-state index < -0.39 is 5.82 Å². The van der Waals surface area contributed by atoms with Crippen molar-refractivity contribution in [3.05, 3.63) is 69.2 Å². The van der Waals surface area contributed by atoms with Crippen molar-refractivity contribution in [2.45, 2.75) is 37.2 Å². The summed E-state index contributed by atoms with van der Waals surface area (Å²) in [7, 11) is 0. The number of thioether (sulfide) groups is 1. The van der Waals surface area contributed by atoms with Gasteiger partial charge in [0.2, 0.25) is 5.78 Å². The Bertz CT molecular complexity index is 1240. The normalized spacial score (nSPS) is 12.7. The maximum Gasteiger partial charge on any atom is 0.262 e. The number of aromatic nitrogens is 4. The number of fused-ring (bicyclic) bond motifs is 3. The zero-order valence-electron chi connectivity index (χ0n) is 15.4. The van der Waals surface area contributed by atoms with Crippen molar-refractivity contribution in [2.75, 3.05) is 0 Å².